The maximum Gasteiger partial charge on any atom is 0.125 e. The second kappa shape index (κ2) is 5.34. The molecule has 1 heterocycles. The van der Waals surface area contributed by atoms with Crippen molar-refractivity contribution >= 4 is 5.69 Å². The quantitative estimate of drug-likeness (QED) is 0.923. The van der Waals surface area contributed by atoms with E-state index in [0.29, 0.717) is 6.54 Å². The van der Waals surface area contributed by atoms with Crippen LogP contribution in [0.25, 0.3) is 0 Å². The summed E-state index contributed by atoms with van der Waals surface area (Å²) in [5, 5.41) is 0. The van der Waals surface area contributed by atoms with E-state index in [9.17, 15) is 4.39 Å². The third-order valence-corrected chi connectivity index (χ3v) is 5.00. The Bertz CT molecular complexity index is 493. The molecule has 1 aromatic rings. The normalized spacial score (nSPS) is 29.6. The Hall–Kier alpha value is -1.13. The summed E-state index contributed by atoms with van der Waals surface area (Å²) in [6, 6.07) is 5.12. The van der Waals surface area contributed by atoms with Crippen molar-refractivity contribution in [1.82, 2.24) is 0 Å². The van der Waals surface area contributed by atoms with Crippen LogP contribution in [0.4, 0.5) is 10.1 Å². The molecule has 1 fully saturated rings. The number of hydrogen-bond acceptors (Lipinski definition) is 3. The molecule has 0 amide bonds. The molecule has 1 saturated carbocycles. The molecule has 3 nitrogen and oxygen atoms in total. The van der Waals surface area contributed by atoms with Crippen molar-refractivity contribution in [1.29, 1.82) is 0 Å². The molecule has 0 aromatic heterocycles. The highest BCUT2D eigenvalue weighted by molar-refractivity contribution is 5.60. The smallest absolute Gasteiger partial charge is 0.125 e. The molecule has 1 aromatic carbocycles. The van der Waals surface area contributed by atoms with Crippen LogP contribution in [-0.4, -0.2) is 31.8 Å². The van der Waals surface area contributed by atoms with Crippen LogP contribution >= 0.6 is 0 Å². The Morgan fingerprint density at radius 2 is 2.35 bits per heavy atom. The van der Waals surface area contributed by atoms with Gasteiger partial charge in [0.05, 0.1) is 11.6 Å². The van der Waals surface area contributed by atoms with Gasteiger partial charge in [-0.3, -0.25) is 0 Å². The minimum absolute atomic E-state index is 0.0715. The van der Waals surface area contributed by atoms with Gasteiger partial charge < -0.3 is 15.4 Å². The van der Waals surface area contributed by atoms with E-state index in [1.54, 1.807) is 19.2 Å². The molecule has 0 saturated heterocycles. The fourth-order valence-electron chi connectivity index (χ4n) is 3.87. The van der Waals surface area contributed by atoms with E-state index >= 15 is 0 Å². The van der Waals surface area contributed by atoms with Gasteiger partial charge in [-0.05, 0) is 49.8 Å². The van der Waals surface area contributed by atoms with E-state index in [0.717, 1.165) is 44.3 Å². The Balaban J connectivity index is 1.93. The lowest BCUT2D eigenvalue weighted by Gasteiger charge is -2.47. The van der Waals surface area contributed by atoms with E-state index in [4.69, 9.17) is 10.5 Å². The van der Waals surface area contributed by atoms with Crippen LogP contribution in [0, 0.1) is 5.82 Å². The molecule has 20 heavy (non-hydrogen) atoms. The molecular weight excluding hydrogens is 255 g/mol. The molecule has 4 heteroatoms. The van der Waals surface area contributed by atoms with Crippen molar-refractivity contribution < 1.29 is 9.13 Å². The second-order valence-corrected chi connectivity index (χ2v) is 6.06. The molecule has 2 unspecified atom stereocenters. The first kappa shape index (κ1) is 13.8. The van der Waals surface area contributed by atoms with Crippen molar-refractivity contribution in [3.63, 3.8) is 0 Å². The van der Waals surface area contributed by atoms with Gasteiger partial charge in [0.15, 0.2) is 0 Å². The summed E-state index contributed by atoms with van der Waals surface area (Å²) < 4.78 is 19.2. The Labute approximate surface area is 119 Å². The number of ether oxygens (including phenoxy) is 1. The summed E-state index contributed by atoms with van der Waals surface area (Å²) in [6.07, 6.45) is 5.48. The largest absolute Gasteiger partial charge is 0.381 e. The number of fused-ring (bicyclic) bond motifs is 1. The van der Waals surface area contributed by atoms with Crippen LogP contribution in [0.1, 0.15) is 31.2 Å². The Morgan fingerprint density at radius 1 is 1.50 bits per heavy atom. The predicted octanol–water partition coefficient (Wildman–Crippen LogP) is 2.47. The first-order valence-electron chi connectivity index (χ1n) is 7.47. The summed E-state index contributed by atoms with van der Waals surface area (Å²) in [7, 11) is 1.77. The van der Waals surface area contributed by atoms with Gasteiger partial charge in [-0.1, -0.05) is 6.07 Å². The van der Waals surface area contributed by atoms with Crippen LogP contribution in [0.5, 0.6) is 0 Å². The van der Waals surface area contributed by atoms with Crippen LogP contribution < -0.4 is 10.6 Å². The van der Waals surface area contributed by atoms with Crippen LogP contribution in [-0.2, 0) is 11.2 Å². The second-order valence-electron chi connectivity index (χ2n) is 6.06. The predicted molar refractivity (Wildman–Crippen MR) is 78.5 cm³/mol. The van der Waals surface area contributed by atoms with Gasteiger partial charge in [-0.2, -0.15) is 0 Å². The molecule has 0 bridgehead atoms. The van der Waals surface area contributed by atoms with Gasteiger partial charge in [0, 0.05) is 25.9 Å². The highest BCUT2D eigenvalue weighted by atomic mass is 19.1. The number of nitrogens with two attached hydrogens (primary N) is 1. The number of anilines is 1. The monoisotopic (exact) mass is 278 g/mol. The number of hydrogen-bond donors (Lipinski definition) is 1. The molecule has 0 radical (unpaired) electrons. The van der Waals surface area contributed by atoms with Gasteiger partial charge in [0.1, 0.15) is 5.82 Å². The molecule has 0 spiro atoms. The first-order chi connectivity index (χ1) is 9.68. The van der Waals surface area contributed by atoms with Gasteiger partial charge in [0.25, 0.3) is 0 Å². The van der Waals surface area contributed by atoms with Crippen molar-refractivity contribution in [2.24, 2.45) is 5.73 Å². The molecule has 2 N–H and O–H groups in total. The number of methoxy groups -OCH3 is 1. The fourth-order valence-corrected chi connectivity index (χ4v) is 3.87. The maximum atomic E-state index is 13.6. The average molecular weight is 278 g/mol. The minimum Gasteiger partial charge on any atom is -0.381 e. The maximum absolute atomic E-state index is 13.6. The number of rotatable bonds is 3. The SMILES string of the molecule is COC1CCCC(CN)(N2CCc3ccc(F)cc32)C1. The standard InChI is InChI=1S/C16H23FN2O/c1-20-14-3-2-7-16(10-14,11-18)19-8-6-12-4-5-13(17)9-15(12)19/h4-5,9,14H,2-3,6-8,10-11,18H2,1H3. The molecule has 3 rings (SSSR count). The van der Waals surface area contributed by atoms with Crippen LogP contribution in [0.3, 0.4) is 0 Å². The summed E-state index contributed by atoms with van der Waals surface area (Å²) in [6.45, 7) is 1.54. The third-order valence-electron chi connectivity index (χ3n) is 5.00. The summed E-state index contributed by atoms with van der Waals surface area (Å²) >= 11 is 0. The number of nitrogens with zero attached hydrogens (tertiary/aromatic N) is 1. The average Bonchev–Trinajstić information content (AvgIpc) is 2.90. The fraction of sp³-hybridized carbons (Fsp3) is 0.625. The summed E-state index contributed by atoms with van der Waals surface area (Å²) in [4.78, 5) is 2.34. The summed E-state index contributed by atoms with van der Waals surface area (Å²) in [5.74, 6) is -0.165. The van der Waals surface area contributed by atoms with Crippen LogP contribution in [0.15, 0.2) is 18.2 Å². The number of benzene rings is 1. The number of halogens is 1. The van der Waals surface area contributed by atoms with Gasteiger partial charge >= 0.3 is 0 Å². The molecule has 1 aliphatic carbocycles. The van der Waals surface area contributed by atoms with Crippen molar-refractivity contribution in [3.8, 4) is 0 Å². The topological polar surface area (TPSA) is 38.5 Å². The molecule has 2 atom stereocenters. The molecule has 110 valence electrons. The molecule has 1 aliphatic heterocycles. The highest BCUT2D eigenvalue weighted by Gasteiger charge is 2.42. The summed E-state index contributed by atoms with van der Waals surface area (Å²) in [5.41, 5.74) is 8.34. The van der Waals surface area contributed by atoms with E-state index in [1.165, 1.54) is 5.56 Å². The van der Waals surface area contributed by atoms with Crippen molar-refractivity contribution in [2.75, 3.05) is 25.1 Å². The zero-order valence-corrected chi connectivity index (χ0v) is 12.1. The zero-order valence-electron chi connectivity index (χ0n) is 12.1. The molecule has 2 aliphatic rings. The Morgan fingerprint density at radius 3 is 3.10 bits per heavy atom. The van der Waals surface area contributed by atoms with E-state index in [-0.39, 0.29) is 17.5 Å². The van der Waals surface area contributed by atoms with E-state index in [2.05, 4.69) is 4.90 Å². The minimum atomic E-state index is -0.165. The van der Waals surface area contributed by atoms with Crippen molar-refractivity contribution in [3.05, 3.63) is 29.6 Å². The van der Waals surface area contributed by atoms with Crippen LogP contribution in [0.2, 0.25) is 0 Å². The van der Waals surface area contributed by atoms with Crippen molar-refractivity contribution in [2.45, 2.75) is 43.7 Å². The van der Waals surface area contributed by atoms with E-state index < -0.39 is 0 Å². The molecular formula is C16H23FN2O. The lowest BCUT2D eigenvalue weighted by Crippen LogP contribution is -2.57. The highest BCUT2D eigenvalue weighted by Crippen LogP contribution is 2.41. The zero-order chi connectivity index (χ0) is 14.2. The van der Waals surface area contributed by atoms with Gasteiger partial charge in [-0.25, -0.2) is 4.39 Å². The van der Waals surface area contributed by atoms with Gasteiger partial charge in [0.2, 0.25) is 0 Å². The first-order valence-corrected chi connectivity index (χ1v) is 7.47. The Kier molecular flexibility index (Phi) is 3.69. The lowest BCUT2D eigenvalue weighted by molar-refractivity contribution is 0.0415. The lowest BCUT2D eigenvalue weighted by atomic mass is 9.78. The van der Waals surface area contributed by atoms with E-state index in [1.807, 2.05) is 6.07 Å². The third kappa shape index (κ3) is 2.21. The van der Waals surface area contributed by atoms with Gasteiger partial charge in [-0.15, -0.1) is 0 Å².